The lowest BCUT2D eigenvalue weighted by Crippen LogP contribution is -2.33. The first-order valence-corrected chi connectivity index (χ1v) is 4.16. The van der Waals surface area contributed by atoms with Gasteiger partial charge in [-0.3, -0.25) is 0 Å². The van der Waals surface area contributed by atoms with E-state index in [9.17, 15) is 0 Å². The molecule has 0 amide bonds. The Morgan fingerprint density at radius 2 is 1.91 bits per heavy atom. The lowest BCUT2D eigenvalue weighted by Gasteiger charge is -2.29. The van der Waals surface area contributed by atoms with E-state index in [0.717, 1.165) is 13.2 Å². The maximum absolute atomic E-state index is 5.14. The summed E-state index contributed by atoms with van der Waals surface area (Å²) in [5.74, 6) is 0.595. The van der Waals surface area contributed by atoms with Crippen molar-refractivity contribution in [1.82, 2.24) is 5.32 Å². The van der Waals surface area contributed by atoms with Crippen LogP contribution in [0.5, 0.6) is 0 Å². The van der Waals surface area contributed by atoms with E-state index in [1.807, 2.05) is 7.05 Å². The zero-order valence-corrected chi connectivity index (χ0v) is 8.40. The van der Waals surface area contributed by atoms with Crippen LogP contribution in [0, 0.1) is 11.3 Å². The lowest BCUT2D eigenvalue weighted by atomic mass is 9.81. The smallest absolute Gasteiger partial charge is 0.0507 e. The van der Waals surface area contributed by atoms with Gasteiger partial charge in [0, 0.05) is 13.7 Å². The molecular formula is C9H21NO. The molecule has 11 heavy (non-hydrogen) atoms. The van der Waals surface area contributed by atoms with Crippen molar-refractivity contribution < 1.29 is 4.74 Å². The second kappa shape index (κ2) is 4.73. The predicted octanol–water partition coefficient (Wildman–Crippen LogP) is 1.51. The zero-order chi connectivity index (χ0) is 8.91. The van der Waals surface area contributed by atoms with E-state index in [2.05, 4.69) is 26.1 Å². The molecule has 1 N–H and O–H groups in total. The molecule has 0 aliphatic carbocycles. The van der Waals surface area contributed by atoms with Crippen molar-refractivity contribution in [3.05, 3.63) is 0 Å². The fourth-order valence-electron chi connectivity index (χ4n) is 1.06. The van der Waals surface area contributed by atoms with Crippen molar-refractivity contribution in [1.29, 1.82) is 0 Å². The molecule has 0 aromatic rings. The van der Waals surface area contributed by atoms with Crippen molar-refractivity contribution >= 4 is 0 Å². The van der Waals surface area contributed by atoms with Gasteiger partial charge in [0.1, 0.15) is 0 Å². The molecule has 2 nitrogen and oxygen atoms in total. The average Bonchev–Trinajstić information content (AvgIpc) is 1.85. The van der Waals surface area contributed by atoms with E-state index in [0.29, 0.717) is 11.3 Å². The molecule has 0 heterocycles. The molecule has 0 aromatic carbocycles. The monoisotopic (exact) mass is 159 g/mol. The Hall–Kier alpha value is -0.0800. The summed E-state index contributed by atoms with van der Waals surface area (Å²) < 4.78 is 5.14. The highest BCUT2D eigenvalue weighted by Gasteiger charge is 2.23. The number of hydrogen-bond donors (Lipinski definition) is 1. The minimum absolute atomic E-state index is 0.332. The van der Waals surface area contributed by atoms with Crippen LogP contribution in [0.2, 0.25) is 0 Å². The molecule has 0 rings (SSSR count). The fourth-order valence-corrected chi connectivity index (χ4v) is 1.06. The number of rotatable bonds is 4. The third kappa shape index (κ3) is 4.38. The van der Waals surface area contributed by atoms with Crippen LogP contribution in [-0.2, 0) is 4.74 Å². The van der Waals surface area contributed by atoms with Crippen LogP contribution in [-0.4, -0.2) is 27.3 Å². The highest BCUT2D eigenvalue weighted by atomic mass is 16.5. The summed E-state index contributed by atoms with van der Waals surface area (Å²) in [5.41, 5.74) is 0.332. The van der Waals surface area contributed by atoms with Crippen molar-refractivity contribution in [2.75, 3.05) is 27.3 Å². The summed E-state index contributed by atoms with van der Waals surface area (Å²) in [4.78, 5) is 0. The van der Waals surface area contributed by atoms with Crippen LogP contribution in [0.15, 0.2) is 0 Å². The van der Waals surface area contributed by atoms with E-state index in [1.165, 1.54) is 0 Å². The van der Waals surface area contributed by atoms with E-state index < -0.39 is 0 Å². The van der Waals surface area contributed by atoms with E-state index in [-0.39, 0.29) is 0 Å². The van der Waals surface area contributed by atoms with Gasteiger partial charge in [-0.25, -0.2) is 0 Å². The first kappa shape index (κ1) is 10.9. The van der Waals surface area contributed by atoms with Gasteiger partial charge in [0.2, 0.25) is 0 Å². The Labute approximate surface area is 70.3 Å². The van der Waals surface area contributed by atoms with Crippen LogP contribution in [0.1, 0.15) is 20.8 Å². The minimum atomic E-state index is 0.332. The Kier molecular flexibility index (Phi) is 4.69. The molecule has 0 aliphatic rings. The number of nitrogens with one attached hydrogen (secondary N) is 1. The maximum atomic E-state index is 5.14. The average molecular weight is 159 g/mol. The lowest BCUT2D eigenvalue weighted by molar-refractivity contribution is 0.0908. The van der Waals surface area contributed by atoms with Gasteiger partial charge in [0.05, 0.1) is 6.61 Å². The van der Waals surface area contributed by atoms with Crippen LogP contribution in [0.3, 0.4) is 0 Å². The molecule has 0 saturated carbocycles. The SMILES string of the molecule is CNCC(COC)C(C)(C)C. The third-order valence-electron chi connectivity index (χ3n) is 2.04. The molecule has 1 atom stereocenters. The van der Waals surface area contributed by atoms with Crippen LogP contribution in [0.25, 0.3) is 0 Å². The number of methoxy groups -OCH3 is 1. The number of ether oxygens (including phenoxy) is 1. The molecule has 0 radical (unpaired) electrons. The molecule has 0 aromatic heterocycles. The highest BCUT2D eigenvalue weighted by Crippen LogP contribution is 2.25. The molecule has 0 bridgehead atoms. The largest absolute Gasteiger partial charge is 0.384 e. The van der Waals surface area contributed by atoms with Gasteiger partial charge in [0.25, 0.3) is 0 Å². The van der Waals surface area contributed by atoms with Gasteiger partial charge in [-0.2, -0.15) is 0 Å². The van der Waals surface area contributed by atoms with Crippen molar-refractivity contribution in [3.63, 3.8) is 0 Å². The van der Waals surface area contributed by atoms with E-state index >= 15 is 0 Å². The summed E-state index contributed by atoms with van der Waals surface area (Å²) >= 11 is 0. The number of hydrogen-bond acceptors (Lipinski definition) is 2. The van der Waals surface area contributed by atoms with Gasteiger partial charge in [-0.05, 0) is 18.4 Å². The summed E-state index contributed by atoms with van der Waals surface area (Å²) in [6.45, 7) is 8.60. The standard InChI is InChI=1S/C9H21NO/c1-9(2,3)8(6-10-4)7-11-5/h8,10H,6-7H2,1-5H3. The van der Waals surface area contributed by atoms with Crippen molar-refractivity contribution in [2.45, 2.75) is 20.8 Å². The molecular weight excluding hydrogens is 138 g/mol. The van der Waals surface area contributed by atoms with Gasteiger partial charge >= 0.3 is 0 Å². The quantitative estimate of drug-likeness (QED) is 0.671. The highest BCUT2D eigenvalue weighted by molar-refractivity contribution is 4.74. The summed E-state index contributed by atoms with van der Waals surface area (Å²) in [6, 6.07) is 0. The van der Waals surface area contributed by atoms with Gasteiger partial charge in [0.15, 0.2) is 0 Å². The molecule has 0 fully saturated rings. The normalized spacial score (nSPS) is 15.0. The Bertz CT molecular complexity index is 90.2. The van der Waals surface area contributed by atoms with Gasteiger partial charge in [-0.15, -0.1) is 0 Å². The Morgan fingerprint density at radius 3 is 2.18 bits per heavy atom. The van der Waals surface area contributed by atoms with Gasteiger partial charge < -0.3 is 10.1 Å². The Morgan fingerprint density at radius 1 is 1.36 bits per heavy atom. The maximum Gasteiger partial charge on any atom is 0.0507 e. The first-order valence-electron chi connectivity index (χ1n) is 4.16. The van der Waals surface area contributed by atoms with E-state index in [1.54, 1.807) is 7.11 Å². The predicted molar refractivity (Wildman–Crippen MR) is 48.7 cm³/mol. The van der Waals surface area contributed by atoms with Crippen LogP contribution < -0.4 is 5.32 Å². The second-order valence-corrected chi connectivity index (χ2v) is 4.08. The fraction of sp³-hybridized carbons (Fsp3) is 1.00. The third-order valence-corrected chi connectivity index (χ3v) is 2.04. The Balaban J connectivity index is 3.88. The summed E-state index contributed by atoms with van der Waals surface area (Å²) in [7, 11) is 3.74. The van der Waals surface area contributed by atoms with Crippen molar-refractivity contribution in [3.8, 4) is 0 Å². The van der Waals surface area contributed by atoms with Crippen LogP contribution >= 0.6 is 0 Å². The first-order chi connectivity index (χ1) is 5.02. The van der Waals surface area contributed by atoms with Gasteiger partial charge in [-0.1, -0.05) is 20.8 Å². The topological polar surface area (TPSA) is 21.3 Å². The van der Waals surface area contributed by atoms with E-state index in [4.69, 9.17) is 4.74 Å². The second-order valence-electron chi connectivity index (χ2n) is 4.08. The molecule has 0 aliphatic heterocycles. The zero-order valence-electron chi connectivity index (χ0n) is 8.40. The molecule has 0 spiro atoms. The molecule has 0 saturated heterocycles. The molecule has 1 unspecified atom stereocenters. The van der Waals surface area contributed by atoms with Crippen LogP contribution in [0.4, 0.5) is 0 Å². The molecule has 68 valence electrons. The summed E-state index contributed by atoms with van der Waals surface area (Å²) in [5, 5.41) is 3.18. The minimum Gasteiger partial charge on any atom is -0.384 e. The van der Waals surface area contributed by atoms with Crippen molar-refractivity contribution in [2.24, 2.45) is 11.3 Å². The summed E-state index contributed by atoms with van der Waals surface area (Å²) in [6.07, 6.45) is 0. The molecule has 2 heteroatoms.